The molecule has 0 aromatic heterocycles. The fourth-order valence-corrected chi connectivity index (χ4v) is 3.67. The molecule has 0 spiro atoms. The highest BCUT2D eigenvalue weighted by molar-refractivity contribution is 5.81. The van der Waals surface area contributed by atoms with E-state index in [4.69, 9.17) is 4.74 Å². The predicted molar refractivity (Wildman–Crippen MR) is 113 cm³/mol. The van der Waals surface area contributed by atoms with Gasteiger partial charge in [0.05, 0.1) is 0 Å². The second kappa shape index (κ2) is 9.74. The van der Waals surface area contributed by atoms with Crippen LogP contribution >= 0.6 is 0 Å². The van der Waals surface area contributed by atoms with E-state index in [0.29, 0.717) is 13.0 Å². The van der Waals surface area contributed by atoms with Gasteiger partial charge in [0.1, 0.15) is 5.75 Å². The predicted octanol–water partition coefficient (Wildman–Crippen LogP) is 4.37. The average molecular weight is 381 g/mol. The van der Waals surface area contributed by atoms with E-state index >= 15 is 0 Å². The number of likely N-dealkylation sites (tertiary alicyclic amines) is 1. The summed E-state index contributed by atoms with van der Waals surface area (Å²) in [5.74, 6) is 0.725. The Labute approximate surface area is 168 Å². The number of carbonyl (C=O) groups is 1. The van der Waals surface area contributed by atoms with Crippen LogP contribution in [0.15, 0.2) is 42.5 Å². The molecule has 1 saturated heterocycles. The van der Waals surface area contributed by atoms with Gasteiger partial charge in [-0.3, -0.25) is 9.69 Å². The van der Waals surface area contributed by atoms with Crippen LogP contribution in [-0.2, 0) is 17.9 Å². The highest BCUT2D eigenvalue weighted by atomic mass is 16.5. The molecule has 150 valence electrons. The summed E-state index contributed by atoms with van der Waals surface area (Å²) in [5, 5.41) is 3.05. The highest BCUT2D eigenvalue weighted by Gasteiger charge is 2.19. The van der Waals surface area contributed by atoms with Crippen LogP contribution in [0.25, 0.3) is 0 Å². The number of nitrogens with one attached hydrogen (secondary N) is 1. The molecule has 1 N–H and O–H groups in total. The third-order valence-electron chi connectivity index (χ3n) is 5.55. The molecule has 0 saturated carbocycles. The van der Waals surface area contributed by atoms with Crippen molar-refractivity contribution in [1.82, 2.24) is 10.2 Å². The lowest BCUT2D eigenvalue weighted by Gasteiger charge is -2.19. The molecule has 4 nitrogen and oxygen atoms in total. The summed E-state index contributed by atoms with van der Waals surface area (Å²) in [6, 6.07) is 14.5. The molecule has 0 unspecified atom stereocenters. The summed E-state index contributed by atoms with van der Waals surface area (Å²) in [5.41, 5.74) is 4.70. The van der Waals surface area contributed by atoms with Gasteiger partial charge in [-0.15, -0.1) is 0 Å². The highest BCUT2D eigenvalue weighted by Crippen LogP contribution is 2.22. The fraction of sp³-hybridized carbons (Fsp3) is 0.458. The van der Waals surface area contributed by atoms with Gasteiger partial charge in [0, 0.05) is 13.1 Å². The molecule has 1 fully saturated rings. The molecule has 2 aromatic carbocycles. The number of ether oxygens (including phenoxy) is 1. The van der Waals surface area contributed by atoms with E-state index in [-0.39, 0.29) is 5.91 Å². The van der Waals surface area contributed by atoms with E-state index in [0.717, 1.165) is 23.4 Å². The van der Waals surface area contributed by atoms with Crippen molar-refractivity contribution in [3.63, 3.8) is 0 Å². The van der Waals surface area contributed by atoms with Gasteiger partial charge in [-0.25, -0.2) is 0 Å². The SMILES string of the molecule is CC[C@@H](Oc1cccc(C)c1C)C(=O)NCc1cccc(CN2CCCC2)c1. The van der Waals surface area contributed by atoms with E-state index in [9.17, 15) is 4.79 Å². The number of nitrogens with zero attached hydrogens (tertiary/aromatic N) is 1. The van der Waals surface area contributed by atoms with Crippen LogP contribution < -0.4 is 10.1 Å². The Balaban J connectivity index is 1.56. The molecule has 3 rings (SSSR count). The first-order chi connectivity index (χ1) is 13.6. The maximum absolute atomic E-state index is 12.7. The maximum Gasteiger partial charge on any atom is 0.261 e. The molecule has 1 aliphatic heterocycles. The van der Waals surface area contributed by atoms with E-state index in [1.807, 2.05) is 26.0 Å². The zero-order chi connectivity index (χ0) is 19.9. The van der Waals surface area contributed by atoms with Gasteiger partial charge >= 0.3 is 0 Å². The Morgan fingerprint density at radius 2 is 1.82 bits per heavy atom. The Hall–Kier alpha value is -2.33. The quantitative estimate of drug-likeness (QED) is 0.739. The normalized spacial score (nSPS) is 15.4. The number of aryl methyl sites for hydroxylation is 1. The standard InChI is InChI=1S/C24H32N2O2/c1-4-22(28-23-12-7-9-18(2)19(23)3)24(27)25-16-20-10-8-11-21(15-20)17-26-13-5-6-14-26/h7-12,15,22H,4-6,13-14,16-17H2,1-3H3,(H,25,27)/t22-/m1/s1. The molecular weight excluding hydrogens is 348 g/mol. The molecule has 0 aliphatic carbocycles. The van der Waals surface area contributed by atoms with Crippen molar-refractivity contribution in [3.05, 3.63) is 64.7 Å². The van der Waals surface area contributed by atoms with Gasteiger partial charge in [0.15, 0.2) is 6.10 Å². The molecule has 1 amide bonds. The molecule has 28 heavy (non-hydrogen) atoms. The number of rotatable bonds is 8. The smallest absolute Gasteiger partial charge is 0.261 e. The number of hydrogen-bond donors (Lipinski definition) is 1. The van der Waals surface area contributed by atoms with Crippen molar-refractivity contribution < 1.29 is 9.53 Å². The Morgan fingerprint density at radius 1 is 1.11 bits per heavy atom. The molecule has 1 heterocycles. The fourth-order valence-electron chi connectivity index (χ4n) is 3.67. The van der Waals surface area contributed by atoms with Gasteiger partial charge in [-0.1, -0.05) is 43.3 Å². The lowest BCUT2D eigenvalue weighted by molar-refractivity contribution is -0.128. The van der Waals surface area contributed by atoms with E-state index in [1.165, 1.54) is 37.1 Å². The van der Waals surface area contributed by atoms with Crippen LogP contribution in [0, 0.1) is 13.8 Å². The second-order valence-corrected chi connectivity index (χ2v) is 7.73. The van der Waals surface area contributed by atoms with Crippen LogP contribution in [0.2, 0.25) is 0 Å². The minimum Gasteiger partial charge on any atom is -0.480 e. The number of hydrogen-bond acceptors (Lipinski definition) is 3. The summed E-state index contributed by atoms with van der Waals surface area (Å²) in [6.07, 6.45) is 2.76. The first-order valence-electron chi connectivity index (χ1n) is 10.4. The maximum atomic E-state index is 12.7. The van der Waals surface area contributed by atoms with Crippen molar-refractivity contribution in [2.24, 2.45) is 0 Å². The van der Waals surface area contributed by atoms with Crippen molar-refractivity contribution >= 4 is 5.91 Å². The van der Waals surface area contributed by atoms with Crippen LogP contribution in [0.5, 0.6) is 5.75 Å². The lowest BCUT2D eigenvalue weighted by Crippen LogP contribution is -2.37. The summed E-state index contributed by atoms with van der Waals surface area (Å²) >= 11 is 0. The van der Waals surface area contributed by atoms with Gasteiger partial charge in [-0.2, -0.15) is 0 Å². The zero-order valence-electron chi connectivity index (χ0n) is 17.3. The monoisotopic (exact) mass is 380 g/mol. The first-order valence-corrected chi connectivity index (χ1v) is 10.4. The first kappa shape index (κ1) is 20.4. The van der Waals surface area contributed by atoms with E-state index in [2.05, 4.69) is 47.5 Å². The molecule has 4 heteroatoms. The molecular formula is C24H32N2O2. The van der Waals surface area contributed by atoms with Gasteiger partial charge < -0.3 is 10.1 Å². The summed E-state index contributed by atoms with van der Waals surface area (Å²) < 4.78 is 6.02. The molecule has 2 aromatic rings. The molecule has 1 aliphatic rings. The summed E-state index contributed by atoms with van der Waals surface area (Å²) in [4.78, 5) is 15.2. The summed E-state index contributed by atoms with van der Waals surface area (Å²) in [6.45, 7) is 9.96. The van der Waals surface area contributed by atoms with Crippen molar-refractivity contribution in [2.45, 2.75) is 59.2 Å². The Kier molecular flexibility index (Phi) is 7.10. The van der Waals surface area contributed by atoms with Crippen LogP contribution in [0.3, 0.4) is 0 Å². The summed E-state index contributed by atoms with van der Waals surface area (Å²) in [7, 11) is 0. The number of benzene rings is 2. The second-order valence-electron chi connectivity index (χ2n) is 7.73. The van der Waals surface area contributed by atoms with Gasteiger partial charge in [0.2, 0.25) is 0 Å². The minimum atomic E-state index is -0.478. The topological polar surface area (TPSA) is 41.6 Å². The van der Waals surface area contributed by atoms with Crippen LogP contribution in [-0.4, -0.2) is 30.0 Å². The lowest BCUT2D eigenvalue weighted by atomic mass is 10.1. The van der Waals surface area contributed by atoms with Crippen LogP contribution in [0.1, 0.15) is 48.4 Å². The van der Waals surface area contributed by atoms with E-state index < -0.39 is 6.10 Å². The van der Waals surface area contributed by atoms with Gasteiger partial charge in [0.25, 0.3) is 5.91 Å². The van der Waals surface area contributed by atoms with Crippen molar-refractivity contribution in [2.75, 3.05) is 13.1 Å². The Morgan fingerprint density at radius 3 is 2.57 bits per heavy atom. The third kappa shape index (κ3) is 5.35. The van der Waals surface area contributed by atoms with Gasteiger partial charge in [-0.05, 0) is 74.5 Å². The third-order valence-corrected chi connectivity index (χ3v) is 5.55. The average Bonchev–Trinajstić information content (AvgIpc) is 3.20. The zero-order valence-corrected chi connectivity index (χ0v) is 17.3. The van der Waals surface area contributed by atoms with Crippen LogP contribution in [0.4, 0.5) is 0 Å². The molecule has 0 bridgehead atoms. The number of amides is 1. The molecule has 0 radical (unpaired) electrons. The Bertz CT molecular complexity index is 797. The number of carbonyl (C=O) groups excluding carboxylic acids is 1. The van der Waals surface area contributed by atoms with Crippen molar-refractivity contribution in [3.8, 4) is 5.75 Å². The van der Waals surface area contributed by atoms with Crippen molar-refractivity contribution in [1.29, 1.82) is 0 Å². The molecule has 1 atom stereocenters. The largest absolute Gasteiger partial charge is 0.480 e. The van der Waals surface area contributed by atoms with E-state index in [1.54, 1.807) is 0 Å². The minimum absolute atomic E-state index is 0.0617.